The van der Waals surface area contributed by atoms with Gasteiger partial charge in [0.1, 0.15) is 0 Å². The van der Waals surface area contributed by atoms with E-state index in [0.29, 0.717) is 25.3 Å². The summed E-state index contributed by atoms with van der Waals surface area (Å²) in [7, 11) is 0. The maximum Gasteiger partial charge on any atom is 0.315 e. The molecule has 0 aliphatic carbocycles. The highest BCUT2D eigenvalue weighted by Gasteiger charge is 2.13. The molecule has 0 saturated heterocycles. The number of aromatic nitrogens is 2. The Balaban J connectivity index is 2.21. The van der Waals surface area contributed by atoms with Crippen LogP contribution in [0.2, 0.25) is 0 Å². The van der Waals surface area contributed by atoms with E-state index in [0.717, 1.165) is 0 Å². The number of carboxylic acid groups (broad SMARTS) is 1. The molecule has 1 unspecified atom stereocenters. The largest absolute Gasteiger partial charge is 0.481 e. The van der Waals surface area contributed by atoms with Gasteiger partial charge in [0.2, 0.25) is 5.89 Å². The Hall–Kier alpha value is -2.12. The molecule has 3 N–H and O–H groups in total. The second-order valence-corrected chi connectivity index (χ2v) is 3.69. The summed E-state index contributed by atoms with van der Waals surface area (Å²) in [5, 5.41) is 17.2. The van der Waals surface area contributed by atoms with Crippen LogP contribution in [-0.2, 0) is 11.2 Å². The minimum atomic E-state index is -0.937. The van der Waals surface area contributed by atoms with Gasteiger partial charge in [0, 0.05) is 19.0 Å². The van der Waals surface area contributed by atoms with E-state index in [9.17, 15) is 9.59 Å². The SMILES string of the molecule is CCC(CC(=O)O)NC(=O)NCCc1ncno1. The number of amides is 2. The fourth-order valence-corrected chi connectivity index (χ4v) is 1.33. The van der Waals surface area contributed by atoms with Crippen LogP contribution in [0.1, 0.15) is 25.7 Å². The average Bonchev–Trinajstić information content (AvgIpc) is 2.80. The molecule has 0 aliphatic rings. The Morgan fingerprint density at radius 3 is 2.89 bits per heavy atom. The summed E-state index contributed by atoms with van der Waals surface area (Å²) in [4.78, 5) is 25.8. The summed E-state index contributed by atoms with van der Waals surface area (Å²) in [6, 6.07) is -0.770. The van der Waals surface area contributed by atoms with Crippen LogP contribution in [0.25, 0.3) is 0 Å². The first kappa shape index (κ1) is 13.9. The second-order valence-electron chi connectivity index (χ2n) is 3.69. The van der Waals surface area contributed by atoms with Gasteiger partial charge in [-0.2, -0.15) is 4.98 Å². The molecule has 0 bridgehead atoms. The van der Waals surface area contributed by atoms with E-state index in [1.54, 1.807) is 0 Å². The highest BCUT2D eigenvalue weighted by atomic mass is 16.5. The molecule has 1 rings (SSSR count). The molecular formula is C10H16N4O4. The quantitative estimate of drug-likeness (QED) is 0.640. The van der Waals surface area contributed by atoms with Crippen molar-refractivity contribution in [3.8, 4) is 0 Å². The van der Waals surface area contributed by atoms with Gasteiger partial charge < -0.3 is 20.3 Å². The normalized spacial score (nSPS) is 11.8. The molecule has 18 heavy (non-hydrogen) atoms. The topological polar surface area (TPSA) is 117 Å². The molecule has 0 radical (unpaired) electrons. The van der Waals surface area contributed by atoms with Gasteiger partial charge in [-0.15, -0.1) is 0 Å². The lowest BCUT2D eigenvalue weighted by Gasteiger charge is -2.15. The molecule has 8 heteroatoms. The third kappa shape index (κ3) is 5.28. The monoisotopic (exact) mass is 256 g/mol. The van der Waals surface area contributed by atoms with E-state index in [-0.39, 0.29) is 12.5 Å². The molecule has 1 aromatic rings. The summed E-state index contributed by atoms with van der Waals surface area (Å²) in [5.74, 6) is -0.499. The Labute approximate surface area is 104 Å². The number of carbonyl (C=O) groups is 2. The molecule has 0 fully saturated rings. The number of carboxylic acids is 1. The Bertz CT molecular complexity index is 379. The van der Waals surface area contributed by atoms with Crippen LogP contribution in [0.4, 0.5) is 4.79 Å². The first-order valence-electron chi connectivity index (χ1n) is 5.63. The number of carbonyl (C=O) groups excluding carboxylic acids is 1. The molecule has 1 atom stereocenters. The van der Waals surface area contributed by atoms with Crippen LogP contribution >= 0.6 is 0 Å². The average molecular weight is 256 g/mol. The first-order chi connectivity index (χ1) is 8.61. The van der Waals surface area contributed by atoms with E-state index < -0.39 is 12.0 Å². The fourth-order valence-electron chi connectivity index (χ4n) is 1.33. The number of rotatable bonds is 7. The zero-order valence-corrected chi connectivity index (χ0v) is 10.0. The Kier molecular flexibility index (Phi) is 5.62. The van der Waals surface area contributed by atoms with E-state index in [1.165, 1.54) is 6.33 Å². The van der Waals surface area contributed by atoms with Crippen LogP contribution in [0, 0.1) is 0 Å². The maximum absolute atomic E-state index is 11.4. The van der Waals surface area contributed by atoms with E-state index >= 15 is 0 Å². The van der Waals surface area contributed by atoms with Crippen molar-refractivity contribution in [3.63, 3.8) is 0 Å². The van der Waals surface area contributed by atoms with Crippen LogP contribution in [0.15, 0.2) is 10.9 Å². The molecule has 0 aromatic carbocycles. The van der Waals surface area contributed by atoms with Gasteiger partial charge in [-0.05, 0) is 6.42 Å². The van der Waals surface area contributed by atoms with E-state index in [2.05, 4.69) is 20.8 Å². The van der Waals surface area contributed by atoms with E-state index in [4.69, 9.17) is 9.63 Å². The molecular weight excluding hydrogens is 240 g/mol. The van der Waals surface area contributed by atoms with Crippen molar-refractivity contribution in [2.24, 2.45) is 0 Å². The van der Waals surface area contributed by atoms with Crippen molar-refractivity contribution in [3.05, 3.63) is 12.2 Å². The van der Waals surface area contributed by atoms with Gasteiger partial charge in [-0.25, -0.2) is 4.79 Å². The van der Waals surface area contributed by atoms with E-state index in [1.807, 2.05) is 6.92 Å². The highest BCUT2D eigenvalue weighted by molar-refractivity contribution is 5.75. The highest BCUT2D eigenvalue weighted by Crippen LogP contribution is 1.97. The van der Waals surface area contributed by atoms with Gasteiger partial charge in [0.25, 0.3) is 0 Å². The smallest absolute Gasteiger partial charge is 0.315 e. The second kappa shape index (κ2) is 7.25. The lowest BCUT2D eigenvalue weighted by molar-refractivity contribution is -0.137. The van der Waals surface area contributed by atoms with Crippen LogP contribution in [0.3, 0.4) is 0 Å². The van der Waals surface area contributed by atoms with Crippen LogP contribution in [-0.4, -0.2) is 39.8 Å². The number of hydrogen-bond donors (Lipinski definition) is 3. The fraction of sp³-hybridized carbons (Fsp3) is 0.600. The molecule has 8 nitrogen and oxygen atoms in total. The predicted octanol–water partition coefficient (Wildman–Crippen LogP) is 0.165. The molecule has 0 saturated carbocycles. The number of hydrogen-bond acceptors (Lipinski definition) is 5. The lowest BCUT2D eigenvalue weighted by Crippen LogP contribution is -2.43. The summed E-state index contributed by atoms with van der Waals surface area (Å²) < 4.78 is 4.76. The Morgan fingerprint density at radius 2 is 2.33 bits per heavy atom. The lowest BCUT2D eigenvalue weighted by atomic mass is 10.1. The molecule has 2 amide bonds. The van der Waals surface area contributed by atoms with Crippen molar-refractivity contribution < 1.29 is 19.2 Å². The third-order valence-electron chi connectivity index (χ3n) is 2.28. The Morgan fingerprint density at radius 1 is 1.56 bits per heavy atom. The van der Waals surface area contributed by atoms with Gasteiger partial charge in [-0.1, -0.05) is 12.1 Å². The molecule has 1 heterocycles. The zero-order chi connectivity index (χ0) is 13.4. The minimum absolute atomic E-state index is 0.0897. The van der Waals surface area contributed by atoms with Gasteiger partial charge in [0.15, 0.2) is 6.33 Å². The van der Waals surface area contributed by atoms with Crippen LogP contribution in [0.5, 0.6) is 0 Å². The molecule has 100 valence electrons. The minimum Gasteiger partial charge on any atom is -0.481 e. The maximum atomic E-state index is 11.4. The summed E-state index contributed by atoms with van der Waals surface area (Å²) in [6.07, 6.45) is 2.19. The van der Waals surface area contributed by atoms with Gasteiger partial charge in [0.05, 0.1) is 6.42 Å². The van der Waals surface area contributed by atoms with Crippen molar-refractivity contribution in [2.75, 3.05) is 6.54 Å². The first-order valence-corrected chi connectivity index (χ1v) is 5.63. The third-order valence-corrected chi connectivity index (χ3v) is 2.28. The molecule has 1 aromatic heterocycles. The standard InChI is InChI=1S/C10H16N4O4/c1-2-7(5-9(15)16)14-10(17)11-4-3-8-12-6-13-18-8/h6-7H,2-5H2,1H3,(H,15,16)(H2,11,14,17). The number of nitrogens with zero attached hydrogens (tertiary/aromatic N) is 2. The summed E-state index contributed by atoms with van der Waals surface area (Å²) in [6.45, 7) is 2.16. The molecule has 0 aliphatic heterocycles. The summed E-state index contributed by atoms with van der Waals surface area (Å²) >= 11 is 0. The summed E-state index contributed by atoms with van der Waals surface area (Å²) in [5.41, 5.74) is 0. The van der Waals surface area contributed by atoms with Crippen molar-refractivity contribution in [1.82, 2.24) is 20.8 Å². The zero-order valence-electron chi connectivity index (χ0n) is 10.0. The number of aliphatic carboxylic acids is 1. The van der Waals surface area contributed by atoms with Crippen molar-refractivity contribution in [1.29, 1.82) is 0 Å². The molecule has 0 spiro atoms. The van der Waals surface area contributed by atoms with Gasteiger partial charge in [-0.3, -0.25) is 4.79 Å². The number of urea groups is 1. The van der Waals surface area contributed by atoms with Crippen molar-refractivity contribution >= 4 is 12.0 Å². The van der Waals surface area contributed by atoms with Crippen molar-refractivity contribution in [2.45, 2.75) is 32.2 Å². The van der Waals surface area contributed by atoms with Gasteiger partial charge >= 0.3 is 12.0 Å². The predicted molar refractivity (Wildman–Crippen MR) is 60.9 cm³/mol. The van der Waals surface area contributed by atoms with Crippen LogP contribution < -0.4 is 10.6 Å². The number of nitrogens with one attached hydrogen (secondary N) is 2.